The number of aryl methyl sites for hydroxylation is 1. The zero-order chi connectivity index (χ0) is 17.5. The smallest absolute Gasteiger partial charge is 0.244 e. The van der Waals surface area contributed by atoms with E-state index in [2.05, 4.69) is 10.5 Å². The molecule has 1 amide bonds. The quantitative estimate of drug-likeness (QED) is 0.667. The number of nitrogens with zero attached hydrogens (tertiary/aromatic N) is 1. The fraction of sp³-hybridized carbons (Fsp3) is 0.158. The second-order valence-electron chi connectivity index (χ2n) is 5.42. The molecule has 0 saturated carbocycles. The predicted octanol–water partition coefficient (Wildman–Crippen LogP) is 3.66. The number of carbonyl (C=O) groups excluding carboxylic acids is 1. The van der Waals surface area contributed by atoms with Crippen molar-refractivity contribution in [2.75, 3.05) is 0 Å². The van der Waals surface area contributed by atoms with Gasteiger partial charge >= 0.3 is 0 Å². The van der Waals surface area contributed by atoms with Crippen molar-refractivity contribution < 1.29 is 18.4 Å². The van der Waals surface area contributed by atoms with Crippen molar-refractivity contribution in [2.24, 2.45) is 0 Å². The molecule has 0 saturated heterocycles. The number of hydroxylamine groups is 1. The molecule has 0 atom stereocenters. The van der Waals surface area contributed by atoms with E-state index < -0.39 is 0 Å². The number of halogens is 1. The van der Waals surface area contributed by atoms with E-state index in [0.29, 0.717) is 24.7 Å². The van der Waals surface area contributed by atoms with Crippen LogP contribution in [0.1, 0.15) is 17.9 Å². The maximum atomic E-state index is 12.9. The van der Waals surface area contributed by atoms with Crippen LogP contribution >= 0.6 is 0 Å². The van der Waals surface area contributed by atoms with Crippen molar-refractivity contribution in [1.29, 1.82) is 0 Å². The van der Waals surface area contributed by atoms with Gasteiger partial charge in [-0.05, 0) is 29.8 Å². The number of hydrogen-bond acceptors (Lipinski definition) is 4. The van der Waals surface area contributed by atoms with E-state index in [4.69, 9.17) is 9.25 Å². The lowest BCUT2D eigenvalue weighted by Gasteiger charge is -2.05. The number of nitrogens with one attached hydrogen (secondary N) is 1. The lowest BCUT2D eigenvalue weighted by molar-refractivity contribution is -0.134. The SMILES string of the molecule is O=C(CCc1ncc(-c2ccc(F)cc2)o1)NOCc1ccccc1. The normalized spacial score (nSPS) is 10.6. The zero-order valence-corrected chi connectivity index (χ0v) is 13.4. The molecular formula is C19H17FN2O3. The van der Waals surface area contributed by atoms with Crippen LogP contribution < -0.4 is 5.48 Å². The van der Waals surface area contributed by atoms with Crippen molar-refractivity contribution in [3.63, 3.8) is 0 Å². The van der Waals surface area contributed by atoms with Gasteiger partial charge in [0.25, 0.3) is 0 Å². The molecule has 25 heavy (non-hydrogen) atoms. The standard InChI is InChI=1S/C19H17FN2O3/c20-16-8-6-15(7-9-16)17-12-21-19(25-17)11-10-18(23)22-24-13-14-4-2-1-3-5-14/h1-9,12H,10-11,13H2,(H,22,23). The monoisotopic (exact) mass is 340 g/mol. The first-order chi connectivity index (χ1) is 12.2. The van der Waals surface area contributed by atoms with Gasteiger partial charge in [0.1, 0.15) is 5.82 Å². The Morgan fingerprint density at radius 2 is 1.88 bits per heavy atom. The summed E-state index contributed by atoms with van der Waals surface area (Å²) >= 11 is 0. The van der Waals surface area contributed by atoms with Crippen molar-refractivity contribution in [3.8, 4) is 11.3 Å². The third-order valence-electron chi connectivity index (χ3n) is 3.52. The van der Waals surface area contributed by atoms with Gasteiger partial charge in [0, 0.05) is 18.4 Å². The highest BCUT2D eigenvalue weighted by Crippen LogP contribution is 2.21. The topological polar surface area (TPSA) is 64.4 Å². The van der Waals surface area contributed by atoms with Crippen LogP contribution in [0.25, 0.3) is 11.3 Å². The highest BCUT2D eigenvalue weighted by atomic mass is 19.1. The van der Waals surface area contributed by atoms with Crippen molar-refractivity contribution in [1.82, 2.24) is 10.5 Å². The third-order valence-corrected chi connectivity index (χ3v) is 3.52. The summed E-state index contributed by atoms with van der Waals surface area (Å²) in [6, 6.07) is 15.5. The van der Waals surface area contributed by atoms with Crippen LogP contribution in [0.5, 0.6) is 0 Å². The van der Waals surface area contributed by atoms with Crippen LogP contribution in [-0.4, -0.2) is 10.9 Å². The van der Waals surface area contributed by atoms with Gasteiger partial charge in [-0.3, -0.25) is 9.63 Å². The molecule has 1 N–H and O–H groups in total. The van der Waals surface area contributed by atoms with Gasteiger partial charge in [-0.1, -0.05) is 30.3 Å². The van der Waals surface area contributed by atoms with Crippen molar-refractivity contribution in [3.05, 3.63) is 78.1 Å². The highest BCUT2D eigenvalue weighted by molar-refractivity contribution is 5.74. The molecule has 1 heterocycles. The first-order valence-corrected chi connectivity index (χ1v) is 7.86. The lowest BCUT2D eigenvalue weighted by atomic mass is 10.2. The number of rotatable bonds is 7. The van der Waals surface area contributed by atoms with E-state index in [-0.39, 0.29) is 18.1 Å². The number of amides is 1. The molecule has 2 aromatic carbocycles. The molecule has 128 valence electrons. The molecule has 0 fully saturated rings. The van der Waals surface area contributed by atoms with Crippen LogP contribution in [-0.2, 0) is 22.7 Å². The average Bonchev–Trinajstić information content (AvgIpc) is 3.10. The van der Waals surface area contributed by atoms with E-state index in [0.717, 1.165) is 11.1 Å². The Bertz CT molecular complexity index is 816. The summed E-state index contributed by atoms with van der Waals surface area (Å²) in [4.78, 5) is 21.1. The van der Waals surface area contributed by atoms with E-state index in [1.165, 1.54) is 12.1 Å². The van der Waals surface area contributed by atoms with Crippen LogP contribution in [0.3, 0.4) is 0 Å². The Labute approximate surface area is 144 Å². The summed E-state index contributed by atoms with van der Waals surface area (Å²) in [7, 11) is 0. The number of oxazole rings is 1. The molecule has 0 aliphatic heterocycles. The van der Waals surface area contributed by atoms with Crippen molar-refractivity contribution in [2.45, 2.75) is 19.4 Å². The van der Waals surface area contributed by atoms with Crippen LogP contribution in [0, 0.1) is 5.82 Å². The summed E-state index contributed by atoms with van der Waals surface area (Å²) in [6.45, 7) is 0.306. The minimum atomic E-state index is -0.310. The Hall–Kier alpha value is -2.99. The lowest BCUT2D eigenvalue weighted by Crippen LogP contribution is -2.23. The van der Waals surface area contributed by atoms with E-state index in [1.807, 2.05) is 30.3 Å². The van der Waals surface area contributed by atoms with Crippen LogP contribution in [0.4, 0.5) is 4.39 Å². The summed E-state index contributed by atoms with van der Waals surface area (Å²) in [5, 5.41) is 0. The Kier molecular flexibility index (Phi) is 5.53. The highest BCUT2D eigenvalue weighted by Gasteiger charge is 2.09. The number of benzene rings is 2. The predicted molar refractivity (Wildman–Crippen MR) is 89.6 cm³/mol. The molecule has 0 unspecified atom stereocenters. The Morgan fingerprint density at radius 3 is 2.64 bits per heavy atom. The molecule has 6 heteroatoms. The summed E-state index contributed by atoms with van der Waals surface area (Å²) in [5.74, 6) is 0.418. The summed E-state index contributed by atoms with van der Waals surface area (Å²) < 4.78 is 18.5. The van der Waals surface area contributed by atoms with Gasteiger partial charge in [-0.2, -0.15) is 0 Å². The second kappa shape index (κ2) is 8.21. The van der Waals surface area contributed by atoms with E-state index >= 15 is 0 Å². The molecule has 0 aliphatic rings. The van der Waals surface area contributed by atoms with Gasteiger partial charge in [-0.15, -0.1) is 0 Å². The van der Waals surface area contributed by atoms with Gasteiger partial charge < -0.3 is 4.42 Å². The number of carbonyl (C=O) groups is 1. The fourth-order valence-electron chi connectivity index (χ4n) is 2.22. The first kappa shape index (κ1) is 16.9. The van der Waals surface area contributed by atoms with Crippen LogP contribution in [0.2, 0.25) is 0 Å². The first-order valence-electron chi connectivity index (χ1n) is 7.86. The molecule has 0 aliphatic carbocycles. The minimum Gasteiger partial charge on any atom is -0.441 e. The molecular weight excluding hydrogens is 323 g/mol. The van der Waals surface area contributed by atoms with E-state index in [9.17, 15) is 9.18 Å². The van der Waals surface area contributed by atoms with E-state index in [1.54, 1.807) is 18.3 Å². The molecule has 1 aromatic heterocycles. The van der Waals surface area contributed by atoms with Crippen LogP contribution in [0.15, 0.2) is 65.2 Å². The largest absolute Gasteiger partial charge is 0.441 e. The second-order valence-corrected chi connectivity index (χ2v) is 5.42. The third kappa shape index (κ3) is 4.99. The van der Waals surface area contributed by atoms with Gasteiger partial charge in [0.2, 0.25) is 5.91 Å². The van der Waals surface area contributed by atoms with Gasteiger partial charge in [0.05, 0.1) is 12.8 Å². The maximum Gasteiger partial charge on any atom is 0.244 e. The van der Waals surface area contributed by atoms with Gasteiger partial charge in [0.15, 0.2) is 11.7 Å². The number of hydrogen-bond donors (Lipinski definition) is 1. The summed E-state index contributed by atoms with van der Waals surface area (Å²) in [5.41, 5.74) is 4.10. The van der Waals surface area contributed by atoms with Crippen molar-refractivity contribution >= 4 is 5.91 Å². The molecule has 5 nitrogen and oxygen atoms in total. The number of aromatic nitrogens is 1. The molecule has 3 rings (SSSR count). The Balaban J connectivity index is 1.44. The molecule has 0 bridgehead atoms. The zero-order valence-electron chi connectivity index (χ0n) is 13.4. The molecule has 0 spiro atoms. The minimum absolute atomic E-state index is 0.193. The fourth-order valence-corrected chi connectivity index (χ4v) is 2.22. The summed E-state index contributed by atoms with van der Waals surface area (Å²) in [6.07, 6.45) is 2.10. The van der Waals surface area contributed by atoms with Gasteiger partial charge in [-0.25, -0.2) is 14.9 Å². The molecule has 0 radical (unpaired) electrons. The average molecular weight is 340 g/mol. The molecule has 3 aromatic rings. The maximum absolute atomic E-state index is 12.9. The Morgan fingerprint density at radius 1 is 1.12 bits per heavy atom.